The first-order valence-corrected chi connectivity index (χ1v) is 4.63. The number of ether oxygens (including phenoxy) is 1. The van der Waals surface area contributed by atoms with Crippen LogP contribution in [0.5, 0.6) is 5.75 Å². The van der Waals surface area contributed by atoms with E-state index < -0.39 is 0 Å². The number of hydrogen-bond donors (Lipinski definition) is 1. The number of rotatable bonds is 2. The molecule has 0 aliphatic carbocycles. The van der Waals surface area contributed by atoms with Crippen LogP contribution in [0.25, 0.3) is 11.3 Å². The first-order valence-electron chi connectivity index (χ1n) is 4.26. The highest BCUT2D eigenvalue weighted by atomic mass is 35.5. The van der Waals surface area contributed by atoms with Crippen LogP contribution in [0, 0.1) is 0 Å². The van der Waals surface area contributed by atoms with Crippen molar-refractivity contribution in [3.05, 3.63) is 29.4 Å². The van der Waals surface area contributed by atoms with E-state index in [9.17, 15) is 0 Å². The maximum Gasteiger partial charge on any atom is 0.292 e. The lowest BCUT2D eigenvalue weighted by molar-refractivity contribution is 0.415. The zero-order chi connectivity index (χ0) is 10.8. The molecule has 0 radical (unpaired) electrons. The smallest absolute Gasteiger partial charge is 0.292 e. The average Bonchev–Trinajstić information content (AvgIpc) is 2.64. The van der Waals surface area contributed by atoms with E-state index in [2.05, 4.69) is 4.98 Å². The van der Waals surface area contributed by atoms with Gasteiger partial charge in [0.25, 0.3) is 6.01 Å². The van der Waals surface area contributed by atoms with E-state index in [0.717, 1.165) is 5.56 Å². The van der Waals surface area contributed by atoms with E-state index in [1.54, 1.807) is 31.5 Å². The summed E-state index contributed by atoms with van der Waals surface area (Å²) in [5.41, 5.74) is 6.16. The Morgan fingerprint density at radius 1 is 1.47 bits per heavy atom. The number of nitrogens with zero attached hydrogens (tertiary/aromatic N) is 1. The van der Waals surface area contributed by atoms with Gasteiger partial charge in [-0.15, -0.1) is 0 Å². The Bertz CT molecular complexity index is 482. The summed E-state index contributed by atoms with van der Waals surface area (Å²) in [5, 5.41) is 0.600. The number of nitrogen functional groups attached to an aromatic ring is 1. The monoisotopic (exact) mass is 224 g/mol. The minimum atomic E-state index is 0.127. The summed E-state index contributed by atoms with van der Waals surface area (Å²) in [5.74, 6) is 1.18. The fraction of sp³-hybridized carbons (Fsp3) is 0.100. The number of halogens is 1. The molecule has 0 aliphatic heterocycles. The Hall–Kier alpha value is -1.68. The minimum Gasteiger partial charge on any atom is -0.496 e. The van der Waals surface area contributed by atoms with Crippen molar-refractivity contribution < 1.29 is 9.15 Å². The van der Waals surface area contributed by atoms with Gasteiger partial charge in [0, 0.05) is 5.02 Å². The van der Waals surface area contributed by atoms with Crippen LogP contribution in [-0.2, 0) is 0 Å². The lowest BCUT2D eigenvalue weighted by Gasteiger charge is -2.05. The second-order valence-electron chi connectivity index (χ2n) is 2.91. The predicted octanol–water partition coefficient (Wildman–Crippen LogP) is 2.59. The van der Waals surface area contributed by atoms with Crippen LogP contribution in [-0.4, -0.2) is 12.1 Å². The van der Waals surface area contributed by atoms with Crippen LogP contribution in [0.4, 0.5) is 6.01 Å². The first kappa shape index (κ1) is 9.86. The Labute approximate surface area is 91.6 Å². The standard InChI is InChI=1S/C10H9ClN2O2/c1-14-8-4-6(11)2-3-7(8)9-5-13-10(12)15-9/h2-5H,1H3,(H2,12,13). The molecule has 0 saturated heterocycles. The molecule has 2 rings (SSSR count). The molecule has 0 bridgehead atoms. The molecule has 4 nitrogen and oxygen atoms in total. The van der Waals surface area contributed by atoms with Gasteiger partial charge in [0.05, 0.1) is 18.9 Å². The molecule has 1 heterocycles. The van der Waals surface area contributed by atoms with Gasteiger partial charge in [-0.05, 0) is 18.2 Å². The van der Waals surface area contributed by atoms with Crippen LogP contribution in [0.2, 0.25) is 5.02 Å². The van der Waals surface area contributed by atoms with Crippen LogP contribution < -0.4 is 10.5 Å². The first-order chi connectivity index (χ1) is 7.20. The third-order valence-electron chi connectivity index (χ3n) is 1.95. The largest absolute Gasteiger partial charge is 0.496 e. The molecular weight excluding hydrogens is 216 g/mol. The Kier molecular flexibility index (Phi) is 2.51. The number of hydrogen-bond acceptors (Lipinski definition) is 4. The van der Waals surface area contributed by atoms with E-state index in [1.165, 1.54) is 0 Å². The van der Waals surface area contributed by atoms with Crippen LogP contribution in [0.15, 0.2) is 28.8 Å². The summed E-state index contributed by atoms with van der Waals surface area (Å²) in [7, 11) is 1.56. The van der Waals surface area contributed by atoms with Crippen molar-refractivity contribution in [2.75, 3.05) is 12.8 Å². The quantitative estimate of drug-likeness (QED) is 0.852. The number of benzene rings is 1. The summed E-state index contributed by atoms with van der Waals surface area (Å²) in [6.07, 6.45) is 1.54. The van der Waals surface area contributed by atoms with Crippen molar-refractivity contribution in [2.45, 2.75) is 0 Å². The van der Waals surface area contributed by atoms with Gasteiger partial charge >= 0.3 is 0 Å². The average molecular weight is 225 g/mol. The molecule has 0 saturated carbocycles. The fourth-order valence-corrected chi connectivity index (χ4v) is 1.44. The Balaban J connectivity index is 2.52. The van der Waals surface area contributed by atoms with Gasteiger partial charge in [-0.3, -0.25) is 0 Å². The SMILES string of the molecule is COc1cc(Cl)ccc1-c1cnc(N)o1. The van der Waals surface area contributed by atoms with Crippen LogP contribution >= 0.6 is 11.6 Å². The zero-order valence-electron chi connectivity index (χ0n) is 8.03. The highest BCUT2D eigenvalue weighted by Gasteiger charge is 2.10. The van der Waals surface area contributed by atoms with E-state index in [-0.39, 0.29) is 6.01 Å². The number of methoxy groups -OCH3 is 1. The van der Waals surface area contributed by atoms with Crippen LogP contribution in [0.3, 0.4) is 0 Å². The van der Waals surface area contributed by atoms with E-state index in [4.69, 9.17) is 26.5 Å². The molecule has 1 aromatic heterocycles. The van der Waals surface area contributed by atoms with Gasteiger partial charge in [0.15, 0.2) is 5.76 Å². The summed E-state index contributed by atoms with van der Waals surface area (Å²) >= 11 is 5.84. The second kappa shape index (κ2) is 3.82. The summed E-state index contributed by atoms with van der Waals surface area (Å²) in [6.45, 7) is 0. The maximum atomic E-state index is 5.84. The molecule has 5 heteroatoms. The third kappa shape index (κ3) is 1.89. The van der Waals surface area contributed by atoms with Gasteiger partial charge in [-0.2, -0.15) is 0 Å². The van der Waals surface area contributed by atoms with Crippen molar-refractivity contribution in [1.82, 2.24) is 4.98 Å². The highest BCUT2D eigenvalue weighted by Crippen LogP contribution is 2.32. The molecule has 0 aliphatic rings. The molecule has 78 valence electrons. The highest BCUT2D eigenvalue weighted by molar-refractivity contribution is 6.30. The third-order valence-corrected chi connectivity index (χ3v) is 2.19. The number of aromatic nitrogens is 1. The van der Waals surface area contributed by atoms with Crippen molar-refractivity contribution >= 4 is 17.6 Å². The summed E-state index contributed by atoms with van der Waals surface area (Å²) in [4.78, 5) is 3.81. The molecule has 0 unspecified atom stereocenters. The van der Waals surface area contributed by atoms with E-state index >= 15 is 0 Å². The lowest BCUT2D eigenvalue weighted by atomic mass is 10.1. The number of anilines is 1. The molecule has 0 amide bonds. The maximum absolute atomic E-state index is 5.84. The Morgan fingerprint density at radius 2 is 2.27 bits per heavy atom. The normalized spacial score (nSPS) is 10.3. The number of nitrogens with two attached hydrogens (primary N) is 1. The van der Waals surface area contributed by atoms with Gasteiger partial charge in [-0.25, -0.2) is 4.98 Å². The molecular formula is C10H9ClN2O2. The van der Waals surface area contributed by atoms with E-state index in [0.29, 0.717) is 16.5 Å². The van der Waals surface area contributed by atoms with E-state index in [1.807, 2.05) is 0 Å². The van der Waals surface area contributed by atoms with Crippen molar-refractivity contribution in [1.29, 1.82) is 0 Å². The molecule has 0 spiro atoms. The van der Waals surface area contributed by atoms with Crippen molar-refractivity contribution in [2.24, 2.45) is 0 Å². The molecule has 1 aromatic carbocycles. The second-order valence-corrected chi connectivity index (χ2v) is 3.34. The van der Waals surface area contributed by atoms with Crippen molar-refractivity contribution in [3.8, 4) is 17.1 Å². The summed E-state index contributed by atoms with van der Waals surface area (Å²) in [6, 6.07) is 5.37. The van der Waals surface area contributed by atoms with Gasteiger partial charge in [0.2, 0.25) is 0 Å². The van der Waals surface area contributed by atoms with Gasteiger partial charge in [-0.1, -0.05) is 11.6 Å². The predicted molar refractivity (Wildman–Crippen MR) is 57.9 cm³/mol. The van der Waals surface area contributed by atoms with Gasteiger partial charge in [0.1, 0.15) is 5.75 Å². The lowest BCUT2D eigenvalue weighted by Crippen LogP contribution is -1.86. The topological polar surface area (TPSA) is 61.3 Å². The van der Waals surface area contributed by atoms with Gasteiger partial charge < -0.3 is 14.9 Å². The molecule has 2 aromatic rings. The van der Waals surface area contributed by atoms with Crippen molar-refractivity contribution in [3.63, 3.8) is 0 Å². The molecule has 15 heavy (non-hydrogen) atoms. The molecule has 0 atom stereocenters. The fourth-order valence-electron chi connectivity index (χ4n) is 1.28. The number of oxazole rings is 1. The minimum absolute atomic E-state index is 0.127. The van der Waals surface area contributed by atoms with Crippen LogP contribution in [0.1, 0.15) is 0 Å². The molecule has 0 fully saturated rings. The molecule has 2 N–H and O–H groups in total. The summed E-state index contributed by atoms with van der Waals surface area (Å²) < 4.78 is 10.4. The Morgan fingerprint density at radius 3 is 2.87 bits per heavy atom. The zero-order valence-corrected chi connectivity index (χ0v) is 8.78.